The van der Waals surface area contributed by atoms with Crippen molar-refractivity contribution in [3.63, 3.8) is 0 Å². The van der Waals surface area contributed by atoms with Crippen LogP contribution in [0.3, 0.4) is 0 Å². The molecule has 9 aromatic carbocycles. The van der Waals surface area contributed by atoms with Gasteiger partial charge in [-0.05, 0) is 118 Å². The summed E-state index contributed by atoms with van der Waals surface area (Å²) in [7, 11) is 0. The number of rotatable bonds is 2. The van der Waals surface area contributed by atoms with Gasteiger partial charge >= 0.3 is 0 Å². The van der Waals surface area contributed by atoms with Gasteiger partial charge in [-0.25, -0.2) is 4.98 Å². The van der Waals surface area contributed by atoms with Crippen LogP contribution in [0.25, 0.3) is 116 Å². The first kappa shape index (κ1) is 45.0. The van der Waals surface area contributed by atoms with Crippen LogP contribution >= 0.6 is 0 Å². The van der Waals surface area contributed by atoms with Crippen molar-refractivity contribution < 1.29 is 32.3 Å². The molecule has 78 heavy (non-hydrogen) atoms. The van der Waals surface area contributed by atoms with Crippen molar-refractivity contribution in [3.05, 3.63) is 235 Å². The van der Waals surface area contributed by atoms with Gasteiger partial charge in [0.25, 0.3) is 0 Å². The summed E-state index contributed by atoms with van der Waals surface area (Å²) in [6.45, 7) is 20.0. The molecule has 3 aromatic heterocycles. The van der Waals surface area contributed by atoms with E-state index in [2.05, 4.69) is 234 Å². The predicted molar refractivity (Wildman–Crippen MR) is 324 cm³/mol. The molecule has 0 N–H and O–H groups in total. The summed E-state index contributed by atoms with van der Waals surface area (Å²) in [5.41, 5.74) is 13.3. The first-order chi connectivity index (χ1) is 39.1. The van der Waals surface area contributed by atoms with Gasteiger partial charge in [-0.2, -0.15) is 23.8 Å². The second-order valence-corrected chi connectivity index (χ2v) is 23.5. The summed E-state index contributed by atoms with van der Waals surface area (Å²) >= 11 is 0. The maximum atomic E-state index is 8.94. The van der Waals surface area contributed by atoms with Gasteiger partial charge in [-0.1, -0.05) is 219 Å². The number of nitrogens with zero attached hydrogens (tertiary/aromatic N) is 4. The van der Waals surface area contributed by atoms with Crippen LogP contribution in [0.5, 0.6) is 0 Å². The van der Waals surface area contributed by atoms with Crippen LogP contribution < -0.4 is 0 Å². The Morgan fingerprint density at radius 3 is 1.94 bits per heavy atom. The van der Waals surface area contributed by atoms with Gasteiger partial charge in [0.15, 0.2) is 0 Å². The Morgan fingerprint density at radius 2 is 1.17 bits per heavy atom. The van der Waals surface area contributed by atoms with E-state index in [1.165, 1.54) is 5.56 Å². The van der Waals surface area contributed by atoms with Gasteiger partial charge in [0.2, 0.25) is 0 Å². The molecule has 10 bridgehead atoms. The molecule has 12 aromatic rings. The van der Waals surface area contributed by atoms with Gasteiger partial charge in [0.05, 0.1) is 12.4 Å². The van der Waals surface area contributed by atoms with Crippen LogP contribution in [-0.2, 0) is 37.3 Å². The van der Waals surface area contributed by atoms with Crippen LogP contribution in [-0.4, -0.2) is 18.5 Å². The van der Waals surface area contributed by atoms with Gasteiger partial charge in [0.1, 0.15) is 5.65 Å². The van der Waals surface area contributed by atoms with Gasteiger partial charge in [-0.3, -0.25) is 0 Å². The molecule has 0 unspecified atom stereocenters. The van der Waals surface area contributed by atoms with Crippen molar-refractivity contribution in [1.82, 2.24) is 18.5 Å². The van der Waals surface area contributed by atoms with E-state index in [-0.39, 0.29) is 67.0 Å². The van der Waals surface area contributed by atoms with Crippen LogP contribution in [0, 0.1) is 12.1 Å². The van der Waals surface area contributed by atoms with E-state index in [0.717, 1.165) is 93.4 Å². The molecule has 0 spiro atoms. The molecule has 1 aliphatic rings. The molecule has 13 rings (SSSR count). The second-order valence-electron chi connectivity index (χ2n) is 23.5. The minimum absolute atomic E-state index is 0. The number of hydrogen-bond donors (Lipinski definition) is 0. The fraction of sp³-hybridized carbons (Fsp3) is 0.167. The van der Waals surface area contributed by atoms with E-state index in [0.29, 0.717) is 27.9 Å². The Kier molecular flexibility index (Phi) is 11.0. The van der Waals surface area contributed by atoms with Crippen molar-refractivity contribution in [2.24, 2.45) is 0 Å². The Labute approximate surface area is 477 Å². The summed E-state index contributed by atoms with van der Waals surface area (Å²) in [5.74, 6) is 0. The Balaban J connectivity index is 0.00000680. The topological polar surface area (TPSA) is 40.3 Å². The normalized spacial score (nSPS) is 13.2. The molecule has 0 atom stereocenters. The first-order valence-corrected chi connectivity index (χ1v) is 26.4. The number of hydrogen-bond acceptors (Lipinski definition) is 2. The smallest absolute Gasteiger partial charge is 0.136 e. The standard InChI is InChI=1S/C72H61N4O.Pt/c1-70(2,3)51-25-18-23-49(37-51)58-28-19-29-61-59-27-14-13-26-57(59)48-22-17-24-50(36-48)63-41-53(72(7,8)9)42-68(73-63)76-64-35-32-47(46-20-11-10-12-21-46)38-62(64)60-34-33-55(44-67(60)76)77-56-40-52(71(4,5)6)39-54(43-56)74-45-75(69(58)61)66-31-16-15-30-65(66)74;/h10-42,45H,1-9H3;/q-3;/i10D,11D,12D,20D,21D;. The molecule has 388 valence electrons. The number of fused-ring (bicyclic) bond motifs is 23. The average molecular weight is 1200 g/mol. The summed E-state index contributed by atoms with van der Waals surface area (Å²) < 4.78 is 57.0. The summed E-state index contributed by atoms with van der Waals surface area (Å²) in [6.07, 6.45) is 2.20. The van der Waals surface area contributed by atoms with Crippen LogP contribution in [0.2, 0.25) is 0 Å². The van der Waals surface area contributed by atoms with Crippen LogP contribution in [0.4, 0.5) is 0 Å². The quantitative estimate of drug-likeness (QED) is 0.162. The Bertz CT molecular complexity index is 4930. The molecular weight excluding hydrogens is 1130 g/mol. The maximum Gasteiger partial charge on any atom is 0.136 e. The zero-order valence-electron chi connectivity index (χ0n) is 50.3. The molecule has 0 radical (unpaired) electrons. The molecule has 0 fully saturated rings. The van der Waals surface area contributed by atoms with E-state index < -0.39 is 6.04 Å². The average Bonchev–Trinajstić information content (AvgIpc) is 2.34. The number of pyridine rings is 1. The third-order valence-electron chi connectivity index (χ3n) is 15.2. The minimum atomic E-state index is -0.433. The van der Waals surface area contributed by atoms with Crippen LogP contribution in [0.15, 0.2) is 211 Å². The third-order valence-corrected chi connectivity index (χ3v) is 15.2. The molecule has 0 saturated heterocycles. The largest absolute Gasteiger partial charge is 0.510 e. The van der Waals surface area contributed by atoms with Crippen molar-refractivity contribution in [2.45, 2.75) is 78.6 Å². The van der Waals surface area contributed by atoms with E-state index in [4.69, 9.17) is 16.3 Å². The van der Waals surface area contributed by atoms with E-state index >= 15 is 0 Å². The van der Waals surface area contributed by atoms with Crippen molar-refractivity contribution in [2.75, 3.05) is 0 Å². The van der Waals surface area contributed by atoms with E-state index in [1.54, 1.807) is 0 Å². The first-order valence-electron chi connectivity index (χ1n) is 28.9. The van der Waals surface area contributed by atoms with Gasteiger partial charge in [0, 0.05) is 49.5 Å². The fourth-order valence-electron chi connectivity index (χ4n) is 11.0. The second kappa shape index (κ2) is 19.1. The molecule has 1 aliphatic heterocycles. The van der Waals surface area contributed by atoms with Gasteiger partial charge < -0.3 is 18.0 Å². The fourth-order valence-corrected chi connectivity index (χ4v) is 11.0. The monoisotopic (exact) mass is 1200 g/mol. The molecule has 6 heteroatoms. The summed E-state index contributed by atoms with van der Waals surface area (Å²) in [6, 6.07) is 65.6. The molecular formula is C72H61N4OPt-3. The third kappa shape index (κ3) is 8.98. The summed E-state index contributed by atoms with van der Waals surface area (Å²) in [5, 5.41) is 6.80. The Hall–Kier alpha value is -8.11. The molecule has 5 nitrogen and oxygen atoms in total. The number of aromatic nitrogens is 4. The number of imidazole rings is 1. The van der Waals surface area contributed by atoms with Crippen molar-refractivity contribution in [3.8, 4) is 33.6 Å². The predicted octanol–water partition coefficient (Wildman–Crippen LogP) is 19.4. The van der Waals surface area contributed by atoms with Gasteiger partial charge in [-0.15, -0.1) is 29.1 Å². The minimum Gasteiger partial charge on any atom is -0.510 e. The zero-order valence-corrected chi connectivity index (χ0v) is 47.5. The van der Waals surface area contributed by atoms with E-state index in [9.17, 15) is 0 Å². The Morgan fingerprint density at radius 1 is 0.487 bits per heavy atom. The SMILES string of the molecule is [2H]c1c([2H])c([2H])c(-c2ccc3c(c2)c2ccc4[c-]c2n3c2cc(C(C)(C)C)cc(n2)c2cccc(c2)c2ccccc2c2cccc(-c3cccc(C(C)(C)C)c3)c2n2[cH-]n(c3[c-]c(cc(C(C)(C)C)c3)o4)-c3ccccc3-2)c([2H])c1[2H].[Pt]. The zero-order chi connectivity index (χ0) is 57.3. The van der Waals surface area contributed by atoms with Crippen molar-refractivity contribution >= 4 is 82.1 Å². The van der Waals surface area contributed by atoms with E-state index in [1.807, 2.05) is 30.3 Å². The molecule has 4 heterocycles. The number of para-hydroxylation sites is 3. The molecule has 0 aliphatic carbocycles. The summed E-state index contributed by atoms with van der Waals surface area (Å²) in [4.78, 5) is 5.58. The van der Waals surface area contributed by atoms with Crippen LogP contribution in [0.1, 0.15) is 85.9 Å². The maximum absolute atomic E-state index is 8.94. The molecule has 0 amide bonds. The number of benzene rings is 9. The molecule has 0 saturated carbocycles. The van der Waals surface area contributed by atoms with Crippen molar-refractivity contribution in [1.29, 1.82) is 0 Å².